The van der Waals surface area contributed by atoms with Gasteiger partial charge < -0.3 is 14.2 Å². The molecule has 0 radical (unpaired) electrons. The highest BCUT2D eigenvalue weighted by molar-refractivity contribution is 4.86. The summed E-state index contributed by atoms with van der Waals surface area (Å²) in [5, 5.41) is 0. The summed E-state index contributed by atoms with van der Waals surface area (Å²) in [6.45, 7) is 6.31. The molecule has 0 aliphatic carbocycles. The highest BCUT2D eigenvalue weighted by atomic mass is 16.6. The SMILES string of the molecule is CCCCCCC(OC(CCCCCC)C1CO1)C1CO1. The van der Waals surface area contributed by atoms with E-state index in [9.17, 15) is 0 Å². The average molecular weight is 298 g/mol. The van der Waals surface area contributed by atoms with Crippen LogP contribution in [0.15, 0.2) is 0 Å². The van der Waals surface area contributed by atoms with Crippen LogP contribution in [0, 0.1) is 0 Å². The molecular weight excluding hydrogens is 264 g/mol. The summed E-state index contributed by atoms with van der Waals surface area (Å²) in [5.74, 6) is 0. The molecule has 2 heterocycles. The lowest BCUT2D eigenvalue weighted by Gasteiger charge is -2.23. The van der Waals surface area contributed by atoms with E-state index < -0.39 is 0 Å². The molecule has 0 aromatic heterocycles. The summed E-state index contributed by atoms with van der Waals surface area (Å²) < 4.78 is 17.4. The third kappa shape index (κ3) is 7.12. The van der Waals surface area contributed by atoms with E-state index in [1.54, 1.807) is 0 Å². The van der Waals surface area contributed by atoms with Crippen LogP contribution in [0.25, 0.3) is 0 Å². The van der Waals surface area contributed by atoms with E-state index in [1.807, 2.05) is 0 Å². The van der Waals surface area contributed by atoms with E-state index in [0.717, 1.165) is 26.1 Å². The lowest BCUT2D eigenvalue weighted by molar-refractivity contribution is -0.0468. The monoisotopic (exact) mass is 298 g/mol. The van der Waals surface area contributed by atoms with E-state index in [-0.39, 0.29) is 0 Å². The Kier molecular flexibility index (Phi) is 8.05. The van der Waals surface area contributed by atoms with Crippen molar-refractivity contribution in [1.82, 2.24) is 0 Å². The van der Waals surface area contributed by atoms with Crippen molar-refractivity contribution in [2.45, 2.75) is 102 Å². The fourth-order valence-corrected chi connectivity index (χ4v) is 2.99. The van der Waals surface area contributed by atoms with E-state index in [2.05, 4.69) is 13.8 Å². The number of hydrogen-bond acceptors (Lipinski definition) is 3. The molecule has 3 heteroatoms. The van der Waals surface area contributed by atoms with Crippen LogP contribution in [-0.2, 0) is 14.2 Å². The number of ether oxygens (including phenoxy) is 3. The van der Waals surface area contributed by atoms with Crippen LogP contribution in [0.5, 0.6) is 0 Å². The van der Waals surface area contributed by atoms with Gasteiger partial charge in [0.05, 0.1) is 25.4 Å². The molecule has 21 heavy (non-hydrogen) atoms. The molecule has 2 aliphatic rings. The van der Waals surface area contributed by atoms with Crippen molar-refractivity contribution in [3.05, 3.63) is 0 Å². The van der Waals surface area contributed by atoms with Crippen LogP contribution in [0.1, 0.15) is 78.1 Å². The highest BCUT2D eigenvalue weighted by Crippen LogP contribution is 2.29. The second-order valence-electron chi connectivity index (χ2n) is 6.66. The van der Waals surface area contributed by atoms with Crippen molar-refractivity contribution in [2.24, 2.45) is 0 Å². The van der Waals surface area contributed by atoms with E-state index in [1.165, 1.54) is 51.4 Å². The van der Waals surface area contributed by atoms with Gasteiger partial charge >= 0.3 is 0 Å². The molecule has 0 saturated carbocycles. The fourth-order valence-electron chi connectivity index (χ4n) is 2.99. The maximum absolute atomic E-state index is 6.41. The van der Waals surface area contributed by atoms with Gasteiger partial charge in [-0.2, -0.15) is 0 Å². The molecule has 0 spiro atoms. The largest absolute Gasteiger partial charge is 0.370 e. The first-order valence-electron chi connectivity index (χ1n) is 9.23. The van der Waals surface area contributed by atoms with Gasteiger partial charge in [-0.25, -0.2) is 0 Å². The maximum atomic E-state index is 6.41. The fraction of sp³-hybridized carbons (Fsp3) is 1.00. The van der Waals surface area contributed by atoms with Crippen LogP contribution in [0.4, 0.5) is 0 Å². The van der Waals surface area contributed by atoms with E-state index in [4.69, 9.17) is 14.2 Å². The summed E-state index contributed by atoms with van der Waals surface area (Å²) in [6, 6.07) is 0. The summed E-state index contributed by atoms with van der Waals surface area (Å²) in [7, 11) is 0. The van der Waals surface area contributed by atoms with Gasteiger partial charge in [0.15, 0.2) is 0 Å². The molecule has 0 bridgehead atoms. The summed E-state index contributed by atoms with van der Waals surface area (Å²) in [6.07, 6.45) is 14.1. The van der Waals surface area contributed by atoms with Crippen molar-refractivity contribution in [3.63, 3.8) is 0 Å². The van der Waals surface area contributed by atoms with Crippen molar-refractivity contribution in [1.29, 1.82) is 0 Å². The topological polar surface area (TPSA) is 34.3 Å². The predicted molar refractivity (Wildman–Crippen MR) is 85.7 cm³/mol. The first kappa shape index (κ1) is 17.2. The number of rotatable bonds is 14. The Hall–Kier alpha value is -0.120. The zero-order chi connectivity index (χ0) is 14.9. The molecule has 2 aliphatic heterocycles. The minimum atomic E-state index is 0.308. The van der Waals surface area contributed by atoms with Gasteiger partial charge in [-0.05, 0) is 12.8 Å². The van der Waals surface area contributed by atoms with E-state index in [0.29, 0.717) is 24.4 Å². The quantitative estimate of drug-likeness (QED) is 0.350. The Morgan fingerprint density at radius 3 is 1.52 bits per heavy atom. The van der Waals surface area contributed by atoms with Crippen LogP contribution in [0.2, 0.25) is 0 Å². The third-order valence-corrected chi connectivity index (χ3v) is 4.58. The molecule has 4 unspecified atom stereocenters. The lowest BCUT2D eigenvalue weighted by atomic mass is 10.0. The van der Waals surface area contributed by atoms with Crippen LogP contribution >= 0.6 is 0 Å². The summed E-state index contributed by atoms with van der Waals surface area (Å²) in [4.78, 5) is 0. The second kappa shape index (κ2) is 9.81. The van der Waals surface area contributed by atoms with Gasteiger partial charge in [0, 0.05) is 0 Å². The number of unbranched alkanes of at least 4 members (excludes halogenated alkanes) is 6. The molecule has 0 amide bonds. The van der Waals surface area contributed by atoms with Gasteiger partial charge in [-0.1, -0.05) is 65.2 Å². The Morgan fingerprint density at radius 1 is 0.762 bits per heavy atom. The Balaban J connectivity index is 1.68. The highest BCUT2D eigenvalue weighted by Gasteiger charge is 2.39. The molecule has 2 rings (SSSR count). The number of hydrogen-bond donors (Lipinski definition) is 0. The normalized spacial score (nSPS) is 26.6. The Labute approximate surface area is 130 Å². The molecule has 0 N–H and O–H groups in total. The zero-order valence-electron chi connectivity index (χ0n) is 14.0. The van der Waals surface area contributed by atoms with Crippen molar-refractivity contribution < 1.29 is 14.2 Å². The maximum Gasteiger partial charge on any atom is 0.107 e. The molecular formula is C18H34O3. The Morgan fingerprint density at radius 2 is 1.19 bits per heavy atom. The molecule has 2 fully saturated rings. The van der Waals surface area contributed by atoms with Crippen LogP contribution < -0.4 is 0 Å². The van der Waals surface area contributed by atoms with Crippen molar-refractivity contribution in [2.75, 3.05) is 13.2 Å². The van der Waals surface area contributed by atoms with Gasteiger partial charge in [0.1, 0.15) is 12.2 Å². The molecule has 124 valence electrons. The Bertz CT molecular complexity index is 235. The van der Waals surface area contributed by atoms with Crippen molar-refractivity contribution >= 4 is 0 Å². The minimum absolute atomic E-state index is 0.308. The molecule has 3 nitrogen and oxygen atoms in total. The summed E-state index contributed by atoms with van der Waals surface area (Å²) in [5.41, 5.74) is 0. The van der Waals surface area contributed by atoms with Crippen molar-refractivity contribution in [3.8, 4) is 0 Å². The van der Waals surface area contributed by atoms with Crippen LogP contribution in [0.3, 0.4) is 0 Å². The standard InChI is InChI=1S/C18H34O3/c1-3-5-7-9-11-15(17-13-19-17)21-16(18-14-20-18)12-10-8-6-4-2/h15-18H,3-14H2,1-2H3. The van der Waals surface area contributed by atoms with E-state index >= 15 is 0 Å². The second-order valence-corrected chi connectivity index (χ2v) is 6.66. The summed E-state index contributed by atoms with van der Waals surface area (Å²) >= 11 is 0. The smallest absolute Gasteiger partial charge is 0.107 e. The van der Waals surface area contributed by atoms with Gasteiger partial charge in [-0.15, -0.1) is 0 Å². The predicted octanol–water partition coefficient (Wildman–Crippen LogP) is 4.48. The molecule has 2 saturated heterocycles. The van der Waals surface area contributed by atoms with Gasteiger partial charge in [-0.3, -0.25) is 0 Å². The van der Waals surface area contributed by atoms with Crippen LogP contribution in [-0.4, -0.2) is 37.6 Å². The first-order valence-corrected chi connectivity index (χ1v) is 9.23. The zero-order valence-corrected chi connectivity index (χ0v) is 14.0. The number of epoxide rings is 2. The first-order chi connectivity index (χ1) is 10.3. The third-order valence-electron chi connectivity index (χ3n) is 4.58. The molecule has 0 aromatic rings. The lowest BCUT2D eigenvalue weighted by Crippen LogP contribution is -2.30. The molecule has 4 atom stereocenters. The minimum Gasteiger partial charge on any atom is -0.370 e. The average Bonchev–Trinajstić information content (AvgIpc) is 3.37. The van der Waals surface area contributed by atoms with Gasteiger partial charge in [0.25, 0.3) is 0 Å². The van der Waals surface area contributed by atoms with Gasteiger partial charge in [0.2, 0.25) is 0 Å². The molecule has 0 aromatic carbocycles.